The van der Waals surface area contributed by atoms with Crippen molar-refractivity contribution in [2.24, 2.45) is 0 Å². The van der Waals surface area contributed by atoms with E-state index in [4.69, 9.17) is 16.3 Å². The lowest BCUT2D eigenvalue weighted by Gasteiger charge is -2.09. The van der Waals surface area contributed by atoms with E-state index in [2.05, 4.69) is 20.6 Å². The predicted octanol–water partition coefficient (Wildman–Crippen LogP) is 5.49. The van der Waals surface area contributed by atoms with Gasteiger partial charge in [0.2, 0.25) is 5.88 Å². The molecule has 3 rings (SSSR count). The first-order chi connectivity index (χ1) is 13.3. The van der Waals surface area contributed by atoms with Crippen LogP contribution < -0.4 is 15.4 Å². The van der Waals surface area contributed by atoms with Gasteiger partial charge in [-0.15, -0.1) is 0 Å². The van der Waals surface area contributed by atoms with Crippen LogP contribution >= 0.6 is 23.4 Å². The number of benzene rings is 1. The Bertz CT molecular complexity index is 963. The van der Waals surface area contributed by atoms with Crippen molar-refractivity contribution in [2.75, 3.05) is 23.0 Å². The number of nitrogens with one attached hydrogen (secondary N) is 3. The maximum atomic E-state index is 12.2. The second kappa shape index (κ2) is 8.61. The number of carbonyl (C=O) groups excluding carboxylic acids is 1. The number of halogens is 4. The van der Waals surface area contributed by atoms with Crippen LogP contribution in [0.5, 0.6) is 5.88 Å². The van der Waals surface area contributed by atoms with Crippen LogP contribution in [0.4, 0.5) is 29.3 Å². The molecule has 0 fully saturated rings. The largest absolute Gasteiger partial charge is 0.477 e. The van der Waals surface area contributed by atoms with E-state index in [0.717, 1.165) is 10.9 Å². The SMILES string of the molecule is O=C(Nc1ccc(OCCSC(F)(F)F)nc1)Nc1c[nH]c2ccc(Cl)cc12. The van der Waals surface area contributed by atoms with Gasteiger partial charge in [-0.1, -0.05) is 11.6 Å². The summed E-state index contributed by atoms with van der Waals surface area (Å²) in [5.41, 5.74) is -2.50. The Morgan fingerprint density at radius 1 is 1.25 bits per heavy atom. The summed E-state index contributed by atoms with van der Waals surface area (Å²) in [6, 6.07) is 7.77. The third kappa shape index (κ3) is 5.70. The first kappa shape index (κ1) is 20.2. The Morgan fingerprint density at radius 2 is 2.07 bits per heavy atom. The zero-order chi connectivity index (χ0) is 20.1. The minimum absolute atomic E-state index is 0.131. The Kier molecular flexibility index (Phi) is 6.20. The number of hydrogen-bond acceptors (Lipinski definition) is 4. The third-order valence-corrected chi connectivity index (χ3v) is 4.42. The minimum Gasteiger partial charge on any atom is -0.477 e. The third-order valence-electron chi connectivity index (χ3n) is 3.49. The summed E-state index contributed by atoms with van der Waals surface area (Å²) in [5.74, 6) is -0.0672. The number of thioether (sulfide) groups is 1. The van der Waals surface area contributed by atoms with E-state index < -0.39 is 11.5 Å². The average molecular weight is 431 g/mol. The van der Waals surface area contributed by atoms with Crippen molar-refractivity contribution in [1.29, 1.82) is 0 Å². The Morgan fingerprint density at radius 3 is 2.79 bits per heavy atom. The van der Waals surface area contributed by atoms with Crippen molar-refractivity contribution < 1.29 is 22.7 Å². The number of aromatic amines is 1. The van der Waals surface area contributed by atoms with E-state index >= 15 is 0 Å². The van der Waals surface area contributed by atoms with Crippen molar-refractivity contribution in [3.8, 4) is 5.88 Å². The van der Waals surface area contributed by atoms with Crippen LogP contribution in [0.1, 0.15) is 0 Å². The molecule has 11 heteroatoms. The molecule has 0 atom stereocenters. The van der Waals surface area contributed by atoms with E-state index in [1.165, 1.54) is 18.3 Å². The molecule has 3 N–H and O–H groups in total. The number of rotatable bonds is 6. The van der Waals surface area contributed by atoms with Crippen LogP contribution in [0.25, 0.3) is 10.9 Å². The van der Waals surface area contributed by atoms with Crippen molar-refractivity contribution in [2.45, 2.75) is 5.51 Å². The second-order valence-corrected chi connectivity index (χ2v) is 7.10. The molecular weight excluding hydrogens is 417 g/mol. The fraction of sp³-hybridized carbons (Fsp3) is 0.176. The van der Waals surface area contributed by atoms with Gasteiger partial charge in [0.05, 0.1) is 24.2 Å². The summed E-state index contributed by atoms with van der Waals surface area (Å²) in [6.07, 6.45) is 2.99. The number of ether oxygens (including phenoxy) is 1. The minimum atomic E-state index is -4.28. The van der Waals surface area contributed by atoms with Gasteiger partial charge in [-0.25, -0.2) is 9.78 Å². The van der Waals surface area contributed by atoms with Gasteiger partial charge < -0.3 is 20.4 Å². The molecule has 0 saturated heterocycles. The average Bonchev–Trinajstić information content (AvgIpc) is 3.01. The quantitative estimate of drug-likeness (QED) is 0.452. The lowest BCUT2D eigenvalue weighted by Crippen LogP contribution is -2.19. The van der Waals surface area contributed by atoms with E-state index in [1.54, 1.807) is 24.4 Å². The van der Waals surface area contributed by atoms with Crippen molar-refractivity contribution in [3.05, 3.63) is 47.7 Å². The number of nitrogens with zero attached hydrogens (tertiary/aromatic N) is 1. The fourth-order valence-electron chi connectivity index (χ4n) is 2.32. The summed E-state index contributed by atoms with van der Waals surface area (Å²) in [7, 11) is 0. The number of H-pyrrole nitrogens is 1. The molecule has 28 heavy (non-hydrogen) atoms. The monoisotopic (exact) mass is 430 g/mol. The molecule has 0 aliphatic rings. The summed E-state index contributed by atoms with van der Waals surface area (Å²) < 4.78 is 41.2. The fourth-order valence-corrected chi connectivity index (χ4v) is 2.89. The van der Waals surface area contributed by atoms with Gasteiger partial charge in [0.25, 0.3) is 0 Å². The van der Waals surface area contributed by atoms with Crippen molar-refractivity contribution >= 4 is 51.7 Å². The molecule has 0 aliphatic heterocycles. The van der Waals surface area contributed by atoms with E-state index in [9.17, 15) is 18.0 Å². The molecule has 2 aromatic heterocycles. The summed E-state index contributed by atoms with van der Waals surface area (Å²) in [4.78, 5) is 19.1. The number of pyridine rings is 1. The lowest BCUT2D eigenvalue weighted by atomic mass is 10.2. The van der Waals surface area contributed by atoms with E-state index in [1.807, 2.05) is 0 Å². The number of fused-ring (bicyclic) bond motifs is 1. The highest BCUT2D eigenvalue weighted by Gasteiger charge is 2.27. The number of amides is 2. The maximum Gasteiger partial charge on any atom is 0.441 e. The Hall–Kier alpha value is -2.59. The van der Waals surface area contributed by atoms with Crippen molar-refractivity contribution in [1.82, 2.24) is 9.97 Å². The van der Waals surface area contributed by atoms with Crippen LogP contribution in [0, 0.1) is 0 Å². The molecule has 2 heterocycles. The second-order valence-electron chi connectivity index (χ2n) is 5.50. The summed E-state index contributed by atoms with van der Waals surface area (Å²) >= 11 is 5.82. The molecule has 3 aromatic rings. The van der Waals surface area contributed by atoms with Gasteiger partial charge in [0, 0.05) is 33.9 Å². The smallest absolute Gasteiger partial charge is 0.441 e. The Labute approximate surface area is 166 Å². The molecule has 148 valence electrons. The molecule has 0 aliphatic carbocycles. The predicted molar refractivity (Wildman–Crippen MR) is 104 cm³/mol. The number of carbonyl (C=O) groups is 1. The number of alkyl halides is 3. The van der Waals surface area contributed by atoms with Gasteiger partial charge in [-0.2, -0.15) is 13.2 Å². The molecule has 0 unspecified atom stereocenters. The number of anilines is 2. The first-order valence-corrected chi connectivity index (χ1v) is 9.31. The molecule has 2 amide bonds. The van der Waals surface area contributed by atoms with Crippen LogP contribution in [0.3, 0.4) is 0 Å². The van der Waals surface area contributed by atoms with Gasteiger partial charge in [-0.05, 0) is 36.0 Å². The highest BCUT2D eigenvalue weighted by atomic mass is 35.5. The molecule has 1 aromatic carbocycles. The number of urea groups is 1. The lowest BCUT2D eigenvalue weighted by molar-refractivity contribution is -0.0329. The van der Waals surface area contributed by atoms with Crippen LogP contribution in [-0.4, -0.2) is 33.9 Å². The standard InChI is InChI=1S/C17H14ClF3N4O2S/c18-10-1-3-13-12(7-10)14(9-22-13)25-16(26)24-11-2-4-15(23-8-11)27-5-6-28-17(19,20)21/h1-4,7-9,22H,5-6H2,(H2,24,25,26). The van der Waals surface area contributed by atoms with E-state index in [0.29, 0.717) is 16.4 Å². The van der Waals surface area contributed by atoms with Gasteiger partial charge >= 0.3 is 11.5 Å². The van der Waals surface area contributed by atoms with Crippen LogP contribution in [-0.2, 0) is 0 Å². The Balaban J connectivity index is 1.52. The zero-order valence-electron chi connectivity index (χ0n) is 14.1. The highest BCUT2D eigenvalue weighted by Crippen LogP contribution is 2.30. The van der Waals surface area contributed by atoms with Gasteiger partial charge in [0.15, 0.2) is 0 Å². The number of aromatic nitrogens is 2. The zero-order valence-corrected chi connectivity index (χ0v) is 15.7. The van der Waals surface area contributed by atoms with Crippen LogP contribution in [0.15, 0.2) is 42.7 Å². The number of hydrogen-bond donors (Lipinski definition) is 3. The summed E-state index contributed by atoms with van der Waals surface area (Å²) in [5, 5.41) is 6.62. The van der Waals surface area contributed by atoms with E-state index in [-0.39, 0.29) is 30.0 Å². The summed E-state index contributed by atoms with van der Waals surface area (Å²) in [6.45, 7) is -0.131. The highest BCUT2D eigenvalue weighted by molar-refractivity contribution is 8.00. The molecule has 0 spiro atoms. The molecule has 6 nitrogen and oxygen atoms in total. The first-order valence-electron chi connectivity index (χ1n) is 7.94. The molecule has 0 bridgehead atoms. The van der Waals surface area contributed by atoms with Crippen molar-refractivity contribution in [3.63, 3.8) is 0 Å². The van der Waals surface area contributed by atoms with Crippen LogP contribution in [0.2, 0.25) is 5.02 Å². The van der Waals surface area contributed by atoms with Gasteiger partial charge in [-0.3, -0.25) is 0 Å². The maximum absolute atomic E-state index is 12.2. The molecule has 0 radical (unpaired) electrons. The molecule has 0 saturated carbocycles. The van der Waals surface area contributed by atoms with Gasteiger partial charge in [0.1, 0.15) is 0 Å². The molecular formula is C17H14ClF3N4O2S. The normalized spacial score (nSPS) is 11.4. The topological polar surface area (TPSA) is 79.0 Å².